The summed E-state index contributed by atoms with van der Waals surface area (Å²) in [6.07, 6.45) is 0.447. The number of anilines is 1. The Bertz CT molecular complexity index is 793. The van der Waals surface area contributed by atoms with Crippen molar-refractivity contribution in [3.05, 3.63) is 29.6 Å². The molecule has 6 nitrogen and oxygen atoms in total. The fourth-order valence-electron chi connectivity index (χ4n) is 3.11. The lowest BCUT2D eigenvalue weighted by Gasteiger charge is -2.18. The van der Waals surface area contributed by atoms with E-state index in [0.717, 1.165) is 0 Å². The number of benzene rings is 1. The summed E-state index contributed by atoms with van der Waals surface area (Å²) in [7, 11) is -3.07. The highest BCUT2D eigenvalue weighted by atomic mass is 32.2. The molecular weight excluding hydrogens is 335 g/mol. The first-order valence-corrected chi connectivity index (χ1v) is 9.64. The maximum atomic E-state index is 13.7. The van der Waals surface area contributed by atoms with Gasteiger partial charge in [0, 0.05) is 24.7 Å². The summed E-state index contributed by atoms with van der Waals surface area (Å²) >= 11 is 0. The standard InChI is InChI=1S/C16H19FN2O4S/c1-10-2-3-13(7-14(10)17)19-8-11(6-15(19)20)16(21)18-12-4-5-24(22,23)9-12/h2-3,7,11-12H,4-6,8-9H2,1H3,(H,18,21)/t11-,12-/m0/s1. The number of nitrogens with zero attached hydrogens (tertiary/aromatic N) is 1. The predicted octanol–water partition coefficient (Wildman–Crippen LogP) is 0.790. The SMILES string of the molecule is Cc1ccc(N2C[C@@H](C(=O)N[C@H]3CCS(=O)(=O)C3)CC2=O)cc1F. The van der Waals surface area contributed by atoms with Crippen LogP contribution in [0, 0.1) is 18.7 Å². The first kappa shape index (κ1) is 16.9. The molecular formula is C16H19FN2O4S. The summed E-state index contributed by atoms with van der Waals surface area (Å²) in [5.74, 6) is -1.48. The minimum Gasteiger partial charge on any atom is -0.352 e. The number of halogens is 1. The fourth-order valence-corrected chi connectivity index (χ4v) is 4.78. The molecule has 0 unspecified atom stereocenters. The fraction of sp³-hybridized carbons (Fsp3) is 0.500. The normalized spacial score (nSPS) is 25.9. The van der Waals surface area contributed by atoms with E-state index in [4.69, 9.17) is 0 Å². The van der Waals surface area contributed by atoms with Crippen LogP contribution >= 0.6 is 0 Å². The van der Waals surface area contributed by atoms with Gasteiger partial charge in [0.25, 0.3) is 0 Å². The van der Waals surface area contributed by atoms with Crippen LogP contribution in [-0.2, 0) is 19.4 Å². The molecule has 24 heavy (non-hydrogen) atoms. The molecule has 0 saturated carbocycles. The lowest BCUT2D eigenvalue weighted by atomic mass is 10.1. The average Bonchev–Trinajstić information content (AvgIpc) is 3.05. The Morgan fingerprint density at radius 1 is 1.38 bits per heavy atom. The Morgan fingerprint density at radius 3 is 2.75 bits per heavy atom. The van der Waals surface area contributed by atoms with Gasteiger partial charge in [-0.25, -0.2) is 12.8 Å². The van der Waals surface area contributed by atoms with E-state index in [9.17, 15) is 22.4 Å². The molecule has 1 aromatic rings. The molecule has 8 heteroatoms. The molecule has 0 bridgehead atoms. The summed E-state index contributed by atoms with van der Waals surface area (Å²) in [6.45, 7) is 1.81. The van der Waals surface area contributed by atoms with E-state index < -0.39 is 21.6 Å². The smallest absolute Gasteiger partial charge is 0.227 e. The number of sulfone groups is 1. The second kappa shape index (κ2) is 6.16. The zero-order valence-electron chi connectivity index (χ0n) is 13.3. The van der Waals surface area contributed by atoms with Gasteiger partial charge in [-0.3, -0.25) is 9.59 Å². The first-order valence-electron chi connectivity index (χ1n) is 7.82. The third kappa shape index (κ3) is 3.43. The minimum absolute atomic E-state index is 0.0425. The lowest BCUT2D eigenvalue weighted by molar-refractivity contribution is -0.126. The van der Waals surface area contributed by atoms with Gasteiger partial charge in [0.15, 0.2) is 9.84 Å². The van der Waals surface area contributed by atoms with E-state index in [2.05, 4.69) is 5.32 Å². The van der Waals surface area contributed by atoms with Crippen LogP contribution < -0.4 is 10.2 Å². The molecule has 2 heterocycles. The first-order chi connectivity index (χ1) is 11.2. The van der Waals surface area contributed by atoms with E-state index in [0.29, 0.717) is 17.7 Å². The quantitative estimate of drug-likeness (QED) is 0.870. The van der Waals surface area contributed by atoms with Crippen molar-refractivity contribution in [3.8, 4) is 0 Å². The van der Waals surface area contributed by atoms with Crippen molar-refractivity contribution in [2.45, 2.75) is 25.8 Å². The highest BCUT2D eigenvalue weighted by Gasteiger charge is 2.37. The number of rotatable bonds is 3. The monoisotopic (exact) mass is 354 g/mol. The third-order valence-corrected chi connectivity index (χ3v) is 6.31. The molecule has 130 valence electrons. The second-order valence-corrected chi connectivity index (χ2v) is 8.68. The largest absolute Gasteiger partial charge is 0.352 e. The van der Waals surface area contributed by atoms with E-state index in [-0.39, 0.29) is 42.3 Å². The van der Waals surface area contributed by atoms with E-state index in [1.807, 2.05) is 0 Å². The minimum atomic E-state index is -3.07. The molecule has 1 aromatic carbocycles. The Balaban J connectivity index is 1.66. The molecule has 0 aliphatic carbocycles. The summed E-state index contributed by atoms with van der Waals surface area (Å²) in [6, 6.07) is 4.15. The van der Waals surface area contributed by atoms with Gasteiger partial charge >= 0.3 is 0 Å². The number of hydrogen-bond acceptors (Lipinski definition) is 4. The predicted molar refractivity (Wildman–Crippen MR) is 86.8 cm³/mol. The zero-order valence-corrected chi connectivity index (χ0v) is 14.1. The van der Waals surface area contributed by atoms with Crippen LogP contribution in [-0.4, -0.2) is 44.3 Å². The van der Waals surface area contributed by atoms with Crippen LogP contribution in [0.5, 0.6) is 0 Å². The number of carbonyl (C=O) groups is 2. The second-order valence-electron chi connectivity index (χ2n) is 6.45. The van der Waals surface area contributed by atoms with Gasteiger partial charge in [-0.05, 0) is 31.0 Å². The molecule has 0 aromatic heterocycles. The molecule has 3 rings (SSSR count). The lowest BCUT2D eigenvalue weighted by Crippen LogP contribution is -2.40. The molecule has 0 spiro atoms. The maximum Gasteiger partial charge on any atom is 0.227 e. The average molecular weight is 354 g/mol. The van der Waals surface area contributed by atoms with Crippen molar-refractivity contribution in [2.75, 3.05) is 23.0 Å². The molecule has 0 radical (unpaired) electrons. The van der Waals surface area contributed by atoms with Crippen molar-refractivity contribution in [1.82, 2.24) is 5.32 Å². The van der Waals surface area contributed by atoms with Gasteiger partial charge in [-0.1, -0.05) is 6.07 Å². The van der Waals surface area contributed by atoms with Crippen molar-refractivity contribution < 1.29 is 22.4 Å². The zero-order chi connectivity index (χ0) is 17.5. The van der Waals surface area contributed by atoms with Crippen LogP contribution in [0.2, 0.25) is 0 Å². The molecule has 2 fully saturated rings. The van der Waals surface area contributed by atoms with Crippen molar-refractivity contribution in [2.24, 2.45) is 5.92 Å². The number of nitrogens with one attached hydrogen (secondary N) is 1. The van der Waals surface area contributed by atoms with E-state index >= 15 is 0 Å². The summed E-state index contributed by atoms with van der Waals surface area (Å²) in [5.41, 5.74) is 0.920. The molecule has 2 amide bonds. The van der Waals surface area contributed by atoms with Crippen LogP contribution in [0.4, 0.5) is 10.1 Å². The third-order valence-electron chi connectivity index (χ3n) is 4.54. The van der Waals surface area contributed by atoms with Gasteiger partial charge in [0.1, 0.15) is 5.82 Å². The topological polar surface area (TPSA) is 83.6 Å². The Labute approximate surface area is 139 Å². The van der Waals surface area contributed by atoms with Gasteiger partial charge in [0.2, 0.25) is 11.8 Å². The highest BCUT2D eigenvalue weighted by Crippen LogP contribution is 2.27. The summed E-state index contributed by atoms with van der Waals surface area (Å²) < 4.78 is 36.6. The van der Waals surface area contributed by atoms with E-state index in [1.54, 1.807) is 19.1 Å². The van der Waals surface area contributed by atoms with Crippen LogP contribution in [0.25, 0.3) is 0 Å². The number of amides is 2. The van der Waals surface area contributed by atoms with Crippen molar-refractivity contribution in [1.29, 1.82) is 0 Å². The molecule has 2 saturated heterocycles. The summed E-state index contributed by atoms with van der Waals surface area (Å²) in [4.78, 5) is 25.9. The summed E-state index contributed by atoms with van der Waals surface area (Å²) in [5, 5.41) is 2.72. The van der Waals surface area contributed by atoms with Crippen LogP contribution in [0.1, 0.15) is 18.4 Å². The van der Waals surface area contributed by atoms with E-state index in [1.165, 1.54) is 11.0 Å². The maximum absolute atomic E-state index is 13.7. The Hall–Kier alpha value is -1.96. The number of carbonyl (C=O) groups excluding carboxylic acids is 2. The van der Waals surface area contributed by atoms with Gasteiger partial charge < -0.3 is 10.2 Å². The molecule has 1 N–H and O–H groups in total. The molecule has 2 aliphatic rings. The van der Waals surface area contributed by atoms with Gasteiger partial charge in [-0.15, -0.1) is 0 Å². The van der Waals surface area contributed by atoms with Crippen LogP contribution in [0.3, 0.4) is 0 Å². The number of hydrogen-bond donors (Lipinski definition) is 1. The number of aryl methyl sites for hydroxylation is 1. The van der Waals surface area contributed by atoms with Gasteiger partial charge in [-0.2, -0.15) is 0 Å². The van der Waals surface area contributed by atoms with Crippen molar-refractivity contribution in [3.63, 3.8) is 0 Å². The van der Waals surface area contributed by atoms with Crippen molar-refractivity contribution >= 4 is 27.3 Å². The highest BCUT2D eigenvalue weighted by molar-refractivity contribution is 7.91. The van der Waals surface area contributed by atoms with Crippen LogP contribution in [0.15, 0.2) is 18.2 Å². The Kier molecular flexibility index (Phi) is 4.33. The molecule has 2 atom stereocenters. The molecule has 2 aliphatic heterocycles. The van der Waals surface area contributed by atoms with Gasteiger partial charge in [0.05, 0.1) is 17.4 Å². The Morgan fingerprint density at radius 2 is 2.12 bits per heavy atom.